The van der Waals surface area contributed by atoms with E-state index in [0.717, 1.165) is 31.7 Å². The Bertz CT molecular complexity index is 556. The predicted molar refractivity (Wildman–Crippen MR) is 87.8 cm³/mol. The average molecular weight is 324 g/mol. The molecule has 1 aromatic heterocycles. The predicted octanol–water partition coefficient (Wildman–Crippen LogP) is 1.62. The van der Waals surface area contributed by atoms with Gasteiger partial charge >= 0.3 is 0 Å². The Labute approximate surface area is 135 Å². The Morgan fingerprint density at radius 1 is 1.41 bits per heavy atom. The Hall–Kier alpha value is -1.47. The molecule has 2 N–H and O–H groups in total. The van der Waals surface area contributed by atoms with E-state index in [1.165, 1.54) is 23.1 Å². The number of anilines is 1. The Morgan fingerprint density at radius 3 is 2.73 bits per heavy atom. The van der Waals surface area contributed by atoms with E-state index in [1.54, 1.807) is 0 Å². The first kappa shape index (κ1) is 16.9. The highest BCUT2D eigenvalue weighted by atomic mass is 32.1. The fraction of sp³-hybridized carbons (Fsp3) is 0.667. The van der Waals surface area contributed by atoms with Crippen LogP contribution in [0, 0.1) is 5.92 Å². The zero-order chi connectivity index (χ0) is 16.3. The van der Waals surface area contributed by atoms with Crippen LogP contribution in [0.2, 0.25) is 0 Å². The summed E-state index contributed by atoms with van der Waals surface area (Å²) in [6.07, 6.45) is 0.925. The number of aromatic nitrogens is 1. The van der Waals surface area contributed by atoms with Crippen molar-refractivity contribution < 1.29 is 9.59 Å². The fourth-order valence-electron chi connectivity index (χ4n) is 2.51. The van der Waals surface area contributed by atoms with Gasteiger partial charge in [-0.1, -0.05) is 20.8 Å². The Kier molecular flexibility index (Phi) is 5.52. The van der Waals surface area contributed by atoms with Crippen molar-refractivity contribution in [1.82, 2.24) is 15.2 Å². The highest BCUT2D eigenvalue weighted by molar-refractivity contribution is 7.15. The lowest BCUT2D eigenvalue weighted by Crippen LogP contribution is -2.46. The number of thiazole rings is 1. The van der Waals surface area contributed by atoms with E-state index in [-0.39, 0.29) is 17.7 Å². The van der Waals surface area contributed by atoms with E-state index < -0.39 is 6.04 Å². The largest absolute Gasteiger partial charge is 0.344 e. The third kappa shape index (κ3) is 4.04. The highest BCUT2D eigenvalue weighted by Gasteiger charge is 2.25. The van der Waals surface area contributed by atoms with E-state index in [9.17, 15) is 9.59 Å². The summed E-state index contributed by atoms with van der Waals surface area (Å²) >= 11 is 1.53. The van der Waals surface area contributed by atoms with E-state index in [1.807, 2.05) is 13.8 Å². The monoisotopic (exact) mass is 324 g/mol. The van der Waals surface area contributed by atoms with E-state index in [2.05, 4.69) is 27.4 Å². The standard InChI is InChI=1S/C15H24N4O2S/c1-5-19-7-6-11-12(8-19)22-15(17-11)18-14(21)13(9(2)3)16-10(4)20/h9,13H,5-8H2,1-4H3,(H,16,20)(H,17,18,21). The Morgan fingerprint density at radius 2 is 2.14 bits per heavy atom. The molecule has 0 bridgehead atoms. The summed E-state index contributed by atoms with van der Waals surface area (Å²) in [5.74, 6) is -0.386. The number of nitrogens with zero attached hydrogens (tertiary/aromatic N) is 2. The number of likely N-dealkylation sites (N-methyl/N-ethyl adjacent to an activating group) is 1. The summed E-state index contributed by atoms with van der Waals surface area (Å²) in [5.41, 5.74) is 1.09. The normalized spacial score (nSPS) is 16.2. The lowest BCUT2D eigenvalue weighted by atomic mass is 10.0. The summed E-state index contributed by atoms with van der Waals surface area (Å²) in [6, 6.07) is -0.537. The van der Waals surface area contributed by atoms with Gasteiger partial charge in [0, 0.05) is 31.3 Å². The third-order valence-corrected chi connectivity index (χ3v) is 4.79. The van der Waals surface area contributed by atoms with Crippen LogP contribution in [0.5, 0.6) is 0 Å². The van der Waals surface area contributed by atoms with Gasteiger partial charge < -0.3 is 10.6 Å². The highest BCUT2D eigenvalue weighted by Crippen LogP contribution is 2.28. The SMILES string of the molecule is CCN1CCc2nc(NC(=O)C(NC(C)=O)C(C)C)sc2C1. The lowest BCUT2D eigenvalue weighted by molar-refractivity contribution is -0.126. The number of hydrogen-bond acceptors (Lipinski definition) is 5. The number of carbonyl (C=O) groups is 2. The molecule has 2 heterocycles. The quantitative estimate of drug-likeness (QED) is 0.863. The zero-order valence-corrected chi connectivity index (χ0v) is 14.4. The summed E-state index contributed by atoms with van der Waals surface area (Å²) in [4.78, 5) is 31.7. The van der Waals surface area contributed by atoms with Gasteiger partial charge in [0.2, 0.25) is 11.8 Å². The van der Waals surface area contributed by atoms with E-state index >= 15 is 0 Å². The number of carbonyl (C=O) groups excluding carboxylic acids is 2. The van der Waals surface area contributed by atoms with Crippen LogP contribution < -0.4 is 10.6 Å². The molecule has 0 saturated heterocycles. The molecule has 0 radical (unpaired) electrons. The first-order valence-corrected chi connectivity index (χ1v) is 8.51. The minimum atomic E-state index is -0.537. The van der Waals surface area contributed by atoms with Gasteiger partial charge in [0.1, 0.15) is 6.04 Å². The molecule has 1 aliphatic heterocycles. The molecule has 1 aliphatic rings. The molecule has 1 atom stereocenters. The lowest BCUT2D eigenvalue weighted by Gasteiger charge is -2.23. The summed E-state index contributed by atoms with van der Waals surface area (Å²) < 4.78 is 0. The van der Waals surface area contributed by atoms with Crippen molar-refractivity contribution in [3.63, 3.8) is 0 Å². The van der Waals surface area contributed by atoms with Crippen molar-refractivity contribution in [1.29, 1.82) is 0 Å². The van der Waals surface area contributed by atoms with Gasteiger partial charge in [-0.3, -0.25) is 14.5 Å². The molecule has 6 nitrogen and oxygen atoms in total. The number of fused-ring (bicyclic) bond motifs is 1. The molecular formula is C15H24N4O2S. The van der Waals surface area contributed by atoms with Gasteiger partial charge in [0.15, 0.2) is 5.13 Å². The maximum Gasteiger partial charge on any atom is 0.248 e. The van der Waals surface area contributed by atoms with Crippen molar-refractivity contribution >= 4 is 28.3 Å². The van der Waals surface area contributed by atoms with Crippen LogP contribution in [0.25, 0.3) is 0 Å². The molecule has 1 unspecified atom stereocenters. The van der Waals surface area contributed by atoms with Crippen molar-refractivity contribution in [2.45, 2.75) is 46.7 Å². The maximum atomic E-state index is 12.4. The molecule has 0 aromatic carbocycles. The first-order valence-electron chi connectivity index (χ1n) is 7.69. The van der Waals surface area contributed by atoms with E-state index in [0.29, 0.717) is 5.13 Å². The number of rotatable bonds is 5. The average Bonchev–Trinajstić information content (AvgIpc) is 2.84. The van der Waals surface area contributed by atoms with E-state index in [4.69, 9.17) is 0 Å². The summed E-state index contributed by atoms with van der Waals surface area (Å²) in [5, 5.41) is 6.18. The molecule has 1 aromatic rings. The molecule has 0 spiro atoms. The molecule has 0 fully saturated rings. The molecule has 0 aliphatic carbocycles. The summed E-state index contributed by atoms with van der Waals surface area (Å²) in [7, 11) is 0. The molecule has 2 amide bonds. The second kappa shape index (κ2) is 7.19. The van der Waals surface area contributed by atoms with Crippen LogP contribution in [0.15, 0.2) is 0 Å². The fourth-order valence-corrected chi connectivity index (χ4v) is 3.56. The van der Waals surface area contributed by atoms with Crippen molar-refractivity contribution in [3.05, 3.63) is 10.6 Å². The molecule has 122 valence electrons. The van der Waals surface area contributed by atoms with Crippen LogP contribution in [0.4, 0.5) is 5.13 Å². The second-order valence-corrected chi connectivity index (χ2v) is 7.00. The van der Waals surface area contributed by atoms with Crippen molar-refractivity contribution in [3.8, 4) is 0 Å². The maximum absolute atomic E-state index is 12.4. The molecule has 22 heavy (non-hydrogen) atoms. The minimum Gasteiger partial charge on any atom is -0.344 e. The molecular weight excluding hydrogens is 300 g/mol. The van der Waals surface area contributed by atoms with Gasteiger partial charge in [-0.2, -0.15) is 0 Å². The smallest absolute Gasteiger partial charge is 0.248 e. The third-order valence-electron chi connectivity index (χ3n) is 3.80. The number of hydrogen-bond donors (Lipinski definition) is 2. The molecule has 0 saturated carbocycles. The van der Waals surface area contributed by atoms with Gasteiger partial charge in [-0.05, 0) is 12.5 Å². The van der Waals surface area contributed by atoms with Crippen LogP contribution >= 0.6 is 11.3 Å². The second-order valence-electron chi connectivity index (χ2n) is 5.92. The molecule has 2 rings (SSSR count). The van der Waals surface area contributed by atoms with Crippen LogP contribution in [-0.4, -0.2) is 40.8 Å². The topological polar surface area (TPSA) is 74.3 Å². The molecule has 7 heteroatoms. The summed E-state index contributed by atoms with van der Waals surface area (Å²) in [6.45, 7) is 10.3. The van der Waals surface area contributed by atoms with Gasteiger partial charge in [0.05, 0.1) is 5.69 Å². The van der Waals surface area contributed by atoms with Gasteiger partial charge in [0.25, 0.3) is 0 Å². The van der Waals surface area contributed by atoms with Gasteiger partial charge in [-0.25, -0.2) is 4.98 Å². The zero-order valence-electron chi connectivity index (χ0n) is 13.6. The first-order chi connectivity index (χ1) is 10.4. The van der Waals surface area contributed by atoms with Crippen LogP contribution in [0.3, 0.4) is 0 Å². The Balaban J connectivity index is 2.05. The number of amides is 2. The van der Waals surface area contributed by atoms with Gasteiger partial charge in [-0.15, -0.1) is 11.3 Å². The van der Waals surface area contributed by atoms with Crippen LogP contribution in [-0.2, 0) is 22.6 Å². The van der Waals surface area contributed by atoms with Crippen molar-refractivity contribution in [2.75, 3.05) is 18.4 Å². The number of nitrogens with one attached hydrogen (secondary N) is 2. The van der Waals surface area contributed by atoms with Crippen molar-refractivity contribution in [2.24, 2.45) is 5.92 Å². The minimum absolute atomic E-state index is 0.0223. The van der Waals surface area contributed by atoms with Crippen LogP contribution in [0.1, 0.15) is 38.3 Å².